The van der Waals surface area contributed by atoms with Crippen LogP contribution in [0.5, 0.6) is 23.0 Å². The quantitative estimate of drug-likeness (QED) is 0.308. The van der Waals surface area contributed by atoms with Crippen molar-refractivity contribution in [3.05, 3.63) is 58.1 Å². The molecule has 4 rings (SSSR count). The molecule has 1 fully saturated rings. The number of phenols is 1. The molecule has 0 aliphatic carbocycles. The molecule has 34 heavy (non-hydrogen) atoms. The monoisotopic (exact) mass is 483 g/mol. The Labute approximate surface area is 198 Å². The topological polar surface area (TPSA) is 131 Å². The van der Waals surface area contributed by atoms with Crippen LogP contribution in [0.3, 0.4) is 0 Å². The van der Waals surface area contributed by atoms with Crippen LogP contribution in [0.4, 0.5) is 5.13 Å². The minimum atomic E-state index is -1.05. The van der Waals surface area contributed by atoms with E-state index >= 15 is 0 Å². The van der Waals surface area contributed by atoms with Crippen LogP contribution in [-0.2, 0) is 9.59 Å². The summed E-state index contributed by atoms with van der Waals surface area (Å²) < 4.78 is 15.7. The Morgan fingerprint density at radius 3 is 2.29 bits per heavy atom. The molecule has 0 radical (unpaired) electrons. The number of ether oxygens (including phenoxy) is 3. The molecule has 1 amide bonds. The van der Waals surface area contributed by atoms with Gasteiger partial charge in [0.2, 0.25) is 5.13 Å². The molecule has 0 bridgehead atoms. The molecule has 0 spiro atoms. The van der Waals surface area contributed by atoms with E-state index in [9.17, 15) is 19.8 Å². The summed E-state index contributed by atoms with van der Waals surface area (Å²) in [6, 6.07) is 8.01. The molecule has 1 saturated heterocycles. The fourth-order valence-electron chi connectivity index (χ4n) is 3.73. The number of aliphatic hydroxyl groups excluding tert-OH is 1. The van der Waals surface area contributed by atoms with E-state index in [1.165, 1.54) is 50.5 Å². The normalized spacial score (nSPS) is 17.2. The van der Waals surface area contributed by atoms with Gasteiger partial charge in [0.1, 0.15) is 10.8 Å². The highest BCUT2D eigenvalue weighted by atomic mass is 32.1. The van der Waals surface area contributed by atoms with Crippen LogP contribution < -0.4 is 19.1 Å². The highest BCUT2D eigenvalue weighted by molar-refractivity contribution is 7.15. The van der Waals surface area contributed by atoms with Gasteiger partial charge in [0.15, 0.2) is 23.0 Å². The van der Waals surface area contributed by atoms with Gasteiger partial charge in [-0.05, 0) is 42.8 Å². The number of hydrogen-bond acceptors (Lipinski definition) is 10. The standard InChI is InChI=1S/C23H21N3O7S/c1-11-24-25-23(34-11)26-19(12-5-7-14(27)16(9-12)32-3)18(21(29)22(26)30)20(28)13-6-8-15(31-2)17(10-13)33-4/h5-10,19,27-28H,1-4H3/b20-18+. The molecule has 1 unspecified atom stereocenters. The zero-order chi connectivity index (χ0) is 24.6. The summed E-state index contributed by atoms with van der Waals surface area (Å²) in [6.07, 6.45) is 0. The number of phenolic OH excluding ortho intramolecular Hbond substituents is 1. The lowest BCUT2D eigenvalue weighted by molar-refractivity contribution is -0.132. The molecule has 176 valence electrons. The van der Waals surface area contributed by atoms with Gasteiger partial charge < -0.3 is 24.4 Å². The van der Waals surface area contributed by atoms with E-state index in [1.54, 1.807) is 19.1 Å². The van der Waals surface area contributed by atoms with Crippen LogP contribution in [0.1, 0.15) is 22.2 Å². The Bertz CT molecular complexity index is 1320. The SMILES string of the molecule is COc1cc(C2/C(=C(\O)c3ccc(OC)c(OC)c3)C(=O)C(=O)N2c2nnc(C)s2)ccc1O. The first-order valence-corrected chi connectivity index (χ1v) is 10.8. The molecule has 0 saturated carbocycles. The number of Topliss-reactive ketones (excluding diaryl/α,β-unsaturated/α-hetero) is 1. The van der Waals surface area contributed by atoms with E-state index in [4.69, 9.17) is 14.2 Å². The van der Waals surface area contributed by atoms with Crippen molar-refractivity contribution in [1.82, 2.24) is 10.2 Å². The van der Waals surface area contributed by atoms with Gasteiger partial charge in [0.25, 0.3) is 5.78 Å². The average molecular weight is 484 g/mol. The first-order chi connectivity index (χ1) is 16.3. The van der Waals surface area contributed by atoms with Crippen molar-refractivity contribution in [2.45, 2.75) is 13.0 Å². The maximum atomic E-state index is 13.2. The fraction of sp³-hybridized carbons (Fsp3) is 0.217. The van der Waals surface area contributed by atoms with E-state index in [-0.39, 0.29) is 27.8 Å². The van der Waals surface area contributed by atoms with Crippen LogP contribution in [-0.4, -0.2) is 53.4 Å². The van der Waals surface area contributed by atoms with Crippen LogP contribution in [0.15, 0.2) is 42.0 Å². The summed E-state index contributed by atoms with van der Waals surface area (Å²) in [6.45, 7) is 1.72. The number of ketones is 1. The number of anilines is 1. The number of benzene rings is 2. The number of nitrogens with zero attached hydrogens (tertiary/aromatic N) is 3. The molecule has 1 aliphatic heterocycles. The predicted octanol–water partition coefficient (Wildman–Crippen LogP) is 3.20. The maximum Gasteiger partial charge on any atom is 0.301 e. The van der Waals surface area contributed by atoms with Crippen molar-refractivity contribution in [2.24, 2.45) is 0 Å². The highest BCUT2D eigenvalue weighted by Crippen LogP contribution is 2.45. The van der Waals surface area contributed by atoms with Crippen molar-refractivity contribution in [3.8, 4) is 23.0 Å². The van der Waals surface area contributed by atoms with E-state index < -0.39 is 23.5 Å². The third-order valence-corrected chi connectivity index (χ3v) is 6.18. The Morgan fingerprint density at radius 1 is 0.971 bits per heavy atom. The van der Waals surface area contributed by atoms with Crippen LogP contribution in [0, 0.1) is 6.92 Å². The van der Waals surface area contributed by atoms with Gasteiger partial charge in [-0.3, -0.25) is 14.5 Å². The number of aryl methyl sites for hydroxylation is 1. The number of hydrogen-bond donors (Lipinski definition) is 2. The zero-order valence-electron chi connectivity index (χ0n) is 18.7. The van der Waals surface area contributed by atoms with E-state index in [2.05, 4.69) is 10.2 Å². The van der Waals surface area contributed by atoms with Crippen LogP contribution >= 0.6 is 11.3 Å². The molecule has 10 nitrogen and oxygen atoms in total. The lowest BCUT2D eigenvalue weighted by Gasteiger charge is -2.23. The zero-order valence-corrected chi connectivity index (χ0v) is 19.5. The maximum absolute atomic E-state index is 13.2. The Morgan fingerprint density at radius 2 is 1.68 bits per heavy atom. The Hall–Kier alpha value is -4.12. The largest absolute Gasteiger partial charge is 0.507 e. The van der Waals surface area contributed by atoms with Crippen molar-refractivity contribution in [3.63, 3.8) is 0 Å². The average Bonchev–Trinajstić information content (AvgIpc) is 3.38. The number of aromatic nitrogens is 2. The first kappa shape index (κ1) is 23.1. The molecule has 2 aromatic carbocycles. The van der Waals surface area contributed by atoms with Gasteiger partial charge in [-0.15, -0.1) is 10.2 Å². The molecule has 1 aromatic heterocycles. The minimum absolute atomic E-state index is 0.116. The molecular weight excluding hydrogens is 462 g/mol. The minimum Gasteiger partial charge on any atom is -0.507 e. The number of carbonyl (C=O) groups excluding carboxylic acids is 2. The second-order valence-electron chi connectivity index (χ2n) is 7.27. The second-order valence-corrected chi connectivity index (χ2v) is 8.43. The Kier molecular flexibility index (Phi) is 6.12. The molecular formula is C23H21N3O7S. The third kappa shape index (κ3) is 3.79. The van der Waals surface area contributed by atoms with Crippen LogP contribution in [0.2, 0.25) is 0 Å². The van der Waals surface area contributed by atoms with Gasteiger partial charge in [-0.2, -0.15) is 0 Å². The van der Waals surface area contributed by atoms with Gasteiger partial charge >= 0.3 is 5.91 Å². The molecule has 1 aliphatic rings. The lowest BCUT2D eigenvalue weighted by Crippen LogP contribution is -2.29. The summed E-state index contributed by atoms with van der Waals surface area (Å²) in [4.78, 5) is 27.5. The number of methoxy groups -OCH3 is 3. The van der Waals surface area contributed by atoms with Gasteiger partial charge in [-0.1, -0.05) is 17.4 Å². The molecule has 2 N–H and O–H groups in total. The molecule has 11 heteroatoms. The number of aromatic hydroxyl groups is 1. The van der Waals surface area contributed by atoms with Crippen molar-refractivity contribution in [1.29, 1.82) is 0 Å². The number of aliphatic hydroxyl groups is 1. The number of amides is 1. The van der Waals surface area contributed by atoms with Crippen molar-refractivity contribution >= 4 is 33.9 Å². The van der Waals surface area contributed by atoms with Gasteiger partial charge in [-0.25, -0.2) is 0 Å². The summed E-state index contributed by atoms with van der Waals surface area (Å²) >= 11 is 1.13. The van der Waals surface area contributed by atoms with Crippen LogP contribution in [0.25, 0.3) is 5.76 Å². The number of rotatable bonds is 6. The molecule has 3 aromatic rings. The summed E-state index contributed by atoms with van der Waals surface area (Å²) in [5.74, 6) is -1.36. The van der Waals surface area contributed by atoms with Gasteiger partial charge in [0.05, 0.1) is 32.9 Å². The van der Waals surface area contributed by atoms with E-state index in [0.717, 1.165) is 11.3 Å². The fourth-order valence-corrected chi connectivity index (χ4v) is 4.45. The highest BCUT2D eigenvalue weighted by Gasteiger charge is 2.48. The number of carbonyl (C=O) groups is 2. The van der Waals surface area contributed by atoms with E-state index in [1.807, 2.05) is 0 Å². The summed E-state index contributed by atoms with van der Waals surface area (Å²) in [5, 5.41) is 30.1. The Balaban J connectivity index is 1.96. The predicted molar refractivity (Wildman–Crippen MR) is 124 cm³/mol. The summed E-state index contributed by atoms with van der Waals surface area (Å²) in [5.41, 5.74) is 0.515. The first-order valence-electron chi connectivity index (χ1n) is 10.0. The summed E-state index contributed by atoms with van der Waals surface area (Å²) in [7, 11) is 4.31. The van der Waals surface area contributed by atoms with E-state index in [0.29, 0.717) is 22.1 Å². The van der Waals surface area contributed by atoms with Gasteiger partial charge in [0, 0.05) is 5.56 Å². The van der Waals surface area contributed by atoms with Crippen molar-refractivity contribution < 1.29 is 34.0 Å². The second kappa shape index (κ2) is 9.02. The molecule has 2 heterocycles. The molecule has 1 atom stereocenters. The lowest BCUT2D eigenvalue weighted by atomic mass is 9.95. The van der Waals surface area contributed by atoms with Crippen molar-refractivity contribution in [2.75, 3.05) is 26.2 Å². The smallest absolute Gasteiger partial charge is 0.301 e. The third-order valence-electron chi connectivity index (χ3n) is 5.34.